The molecule has 0 radical (unpaired) electrons. The van der Waals surface area contributed by atoms with E-state index in [1.807, 2.05) is 23.8 Å². The third-order valence-electron chi connectivity index (χ3n) is 3.20. The first kappa shape index (κ1) is 11.1. The number of thiophene rings is 1. The summed E-state index contributed by atoms with van der Waals surface area (Å²) in [7, 11) is 0. The van der Waals surface area contributed by atoms with Gasteiger partial charge in [-0.25, -0.2) is 0 Å². The van der Waals surface area contributed by atoms with Gasteiger partial charge in [0.2, 0.25) is 0 Å². The number of aliphatic hydroxyl groups is 1. The van der Waals surface area contributed by atoms with Gasteiger partial charge in [-0.05, 0) is 55.1 Å². The van der Waals surface area contributed by atoms with Gasteiger partial charge in [0.1, 0.15) is 0 Å². The highest BCUT2D eigenvalue weighted by molar-refractivity contribution is 7.08. The van der Waals surface area contributed by atoms with Gasteiger partial charge in [-0.1, -0.05) is 6.42 Å². The van der Waals surface area contributed by atoms with Crippen molar-refractivity contribution in [3.8, 4) is 0 Å². The van der Waals surface area contributed by atoms with E-state index in [0.29, 0.717) is 6.04 Å². The zero-order valence-electron chi connectivity index (χ0n) is 9.20. The van der Waals surface area contributed by atoms with Crippen molar-refractivity contribution in [1.82, 2.24) is 5.32 Å². The van der Waals surface area contributed by atoms with Gasteiger partial charge in [0.25, 0.3) is 0 Å². The highest BCUT2D eigenvalue weighted by atomic mass is 32.1. The van der Waals surface area contributed by atoms with Crippen LogP contribution in [-0.2, 0) is 5.60 Å². The molecule has 2 unspecified atom stereocenters. The van der Waals surface area contributed by atoms with Crippen LogP contribution in [0.5, 0.6) is 0 Å². The number of hydrogen-bond acceptors (Lipinski definition) is 3. The lowest BCUT2D eigenvalue weighted by molar-refractivity contribution is 0.0336. The van der Waals surface area contributed by atoms with Crippen LogP contribution >= 0.6 is 11.3 Å². The zero-order valence-corrected chi connectivity index (χ0v) is 10.0. The lowest BCUT2D eigenvalue weighted by Gasteiger charge is -2.31. The van der Waals surface area contributed by atoms with Crippen LogP contribution in [0.2, 0.25) is 0 Å². The zero-order chi connectivity index (χ0) is 10.7. The minimum Gasteiger partial charge on any atom is -0.385 e. The molecule has 0 spiro atoms. The van der Waals surface area contributed by atoms with E-state index in [9.17, 15) is 5.11 Å². The van der Waals surface area contributed by atoms with E-state index in [2.05, 4.69) is 5.32 Å². The van der Waals surface area contributed by atoms with E-state index < -0.39 is 5.60 Å². The van der Waals surface area contributed by atoms with Gasteiger partial charge in [0.05, 0.1) is 5.60 Å². The van der Waals surface area contributed by atoms with E-state index in [1.54, 1.807) is 11.3 Å². The van der Waals surface area contributed by atoms with E-state index in [1.165, 1.54) is 19.3 Å². The molecule has 0 aromatic carbocycles. The number of piperidine rings is 1. The second-order valence-electron chi connectivity index (χ2n) is 4.64. The summed E-state index contributed by atoms with van der Waals surface area (Å²) in [5.74, 6) is 0. The highest BCUT2D eigenvalue weighted by Crippen LogP contribution is 2.29. The van der Waals surface area contributed by atoms with Gasteiger partial charge < -0.3 is 10.4 Å². The van der Waals surface area contributed by atoms with Crippen LogP contribution in [0.3, 0.4) is 0 Å². The van der Waals surface area contributed by atoms with Crippen LogP contribution in [0.1, 0.15) is 38.2 Å². The first-order chi connectivity index (χ1) is 7.18. The number of hydrogen-bond donors (Lipinski definition) is 2. The topological polar surface area (TPSA) is 32.3 Å². The van der Waals surface area contributed by atoms with Crippen LogP contribution in [0, 0.1) is 0 Å². The molecule has 15 heavy (non-hydrogen) atoms. The Kier molecular flexibility index (Phi) is 3.44. The number of rotatable bonds is 3. The van der Waals surface area contributed by atoms with Crippen LogP contribution in [-0.4, -0.2) is 17.7 Å². The molecule has 2 nitrogen and oxygen atoms in total. The molecule has 2 heterocycles. The molecule has 0 bridgehead atoms. The summed E-state index contributed by atoms with van der Waals surface area (Å²) in [6.07, 6.45) is 4.58. The summed E-state index contributed by atoms with van der Waals surface area (Å²) in [6.45, 7) is 3.02. The van der Waals surface area contributed by atoms with Gasteiger partial charge in [-0.15, -0.1) is 0 Å². The summed E-state index contributed by atoms with van der Waals surface area (Å²) in [4.78, 5) is 0. The van der Waals surface area contributed by atoms with Crippen molar-refractivity contribution >= 4 is 11.3 Å². The Morgan fingerprint density at radius 3 is 3.07 bits per heavy atom. The quantitative estimate of drug-likeness (QED) is 0.828. The fourth-order valence-corrected chi connectivity index (χ4v) is 3.05. The van der Waals surface area contributed by atoms with Crippen LogP contribution in [0.25, 0.3) is 0 Å². The van der Waals surface area contributed by atoms with Gasteiger partial charge in [-0.2, -0.15) is 11.3 Å². The molecule has 0 saturated carbocycles. The van der Waals surface area contributed by atoms with Crippen molar-refractivity contribution in [3.63, 3.8) is 0 Å². The minimum absolute atomic E-state index is 0.480. The Balaban J connectivity index is 1.97. The molecule has 1 aromatic rings. The van der Waals surface area contributed by atoms with Crippen molar-refractivity contribution in [2.45, 2.75) is 44.2 Å². The Morgan fingerprint density at radius 1 is 1.60 bits per heavy atom. The molecule has 1 aromatic heterocycles. The maximum atomic E-state index is 10.4. The summed E-state index contributed by atoms with van der Waals surface area (Å²) in [5.41, 5.74) is 0.384. The fraction of sp³-hybridized carbons (Fsp3) is 0.667. The highest BCUT2D eigenvalue weighted by Gasteiger charge is 2.28. The van der Waals surface area contributed by atoms with Gasteiger partial charge in [-0.3, -0.25) is 0 Å². The SMILES string of the molecule is CC(O)(CC1CCCCN1)c1ccsc1. The average molecular weight is 225 g/mol. The molecule has 84 valence electrons. The Bertz CT molecular complexity index is 289. The second kappa shape index (κ2) is 4.64. The standard InChI is InChI=1S/C12H19NOS/c1-12(14,10-5-7-15-9-10)8-11-4-2-3-6-13-11/h5,7,9,11,13-14H,2-4,6,8H2,1H3. The summed E-state index contributed by atoms with van der Waals surface area (Å²) < 4.78 is 0. The van der Waals surface area contributed by atoms with Gasteiger partial charge in [0, 0.05) is 6.04 Å². The molecule has 2 N–H and O–H groups in total. The smallest absolute Gasteiger partial charge is 0.0891 e. The average Bonchev–Trinajstić information content (AvgIpc) is 2.71. The van der Waals surface area contributed by atoms with Gasteiger partial charge >= 0.3 is 0 Å². The molecule has 2 rings (SSSR count). The third-order valence-corrected chi connectivity index (χ3v) is 3.88. The molecular weight excluding hydrogens is 206 g/mol. The minimum atomic E-state index is -0.672. The third kappa shape index (κ3) is 2.80. The lowest BCUT2D eigenvalue weighted by Crippen LogP contribution is -2.39. The predicted octanol–water partition coefficient (Wildman–Crippen LogP) is 2.49. The molecule has 0 aliphatic carbocycles. The Labute approximate surface area is 95.3 Å². The molecule has 3 heteroatoms. The lowest BCUT2D eigenvalue weighted by atomic mass is 9.88. The molecule has 2 atom stereocenters. The van der Waals surface area contributed by atoms with E-state index in [4.69, 9.17) is 0 Å². The van der Waals surface area contributed by atoms with E-state index >= 15 is 0 Å². The summed E-state index contributed by atoms with van der Waals surface area (Å²) >= 11 is 1.65. The van der Waals surface area contributed by atoms with Crippen molar-refractivity contribution in [2.75, 3.05) is 6.54 Å². The largest absolute Gasteiger partial charge is 0.385 e. The summed E-state index contributed by atoms with van der Waals surface area (Å²) in [6, 6.07) is 2.50. The van der Waals surface area contributed by atoms with Crippen molar-refractivity contribution in [2.24, 2.45) is 0 Å². The molecular formula is C12H19NOS. The molecule has 1 fully saturated rings. The van der Waals surface area contributed by atoms with Crippen molar-refractivity contribution < 1.29 is 5.11 Å². The van der Waals surface area contributed by atoms with E-state index in [0.717, 1.165) is 18.5 Å². The van der Waals surface area contributed by atoms with Crippen molar-refractivity contribution in [3.05, 3.63) is 22.4 Å². The van der Waals surface area contributed by atoms with Crippen LogP contribution in [0.15, 0.2) is 16.8 Å². The Hall–Kier alpha value is -0.380. The number of nitrogens with one attached hydrogen (secondary N) is 1. The second-order valence-corrected chi connectivity index (χ2v) is 5.42. The normalized spacial score (nSPS) is 26.1. The monoisotopic (exact) mass is 225 g/mol. The maximum Gasteiger partial charge on any atom is 0.0891 e. The van der Waals surface area contributed by atoms with Crippen LogP contribution in [0.4, 0.5) is 0 Å². The van der Waals surface area contributed by atoms with E-state index in [-0.39, 0.29) is 0 Å². The molecule has 1 aliphatic rings. The fourth-order valence-electron chi connectivity index (χ4n) is 2.27. The first-order valence-corrected chi connectivity index (χ1v) is 6.61. The predicted molar refractivity (Wildman–Crippen MR) is 64.1 cm³/mol. The first-order valence-electron chi connectivity index (χ1n) is 5.67. The van der Waals surface area contributed by atoms with Crippen LogP contribution < -0.4 is 5.32 Å². The molecule has 1 saturated heterocycles. The summed E-state index contributed by atoms with van der Waals surface area (Å²) in [5, 5.41) is 17.9. The van der Waals surface area contributed by atoms with Gasteiger partial charge in [0.15, 0.2) is 0 Å². The maximum absolute atomic E-state index is 10.4. The molecule has 1 aliphatic heterocycles. The Morgan fingerprint density at radius 2 is 2.47 bits per heavy atom. The molecule has 0 amide bonds. The van der Waals surface area contributed by atoms with Crippen molar-refractivity contribution in [1.29, 1.82) is 0 Å².